The molecule has 2 rings (SSSR count). The summed E-state index contributed by atoms with van der Waals surface area (Å²) in [6.45, 7) is 1.87. The molecule has 0 unspecified atom stereocenters. The minimum atomic E-state index is -0.861. The molecule has 1 aromatic rings. The van der Waals surface area contributed by atoms with Crippen LogP contribution in [0.15, 0.2) is 24.3 Å². The summed E-state index contributed by atoms with van der Waals surface area (Å²) in [5, 5.41) is 11.8. The van der Waals surface area contributed by atoms with Crippen molar-refractivity contribution < 1.29 is 14.7 Å². The molecule has 2 N–H and O–H groups in total. The first-order chi connectivity index (χ1) is 8.52. The lowest BCUT2D eigenvalue weighted by atomic mass is 9.74. The second kappa shape index (κ2) is 4.80. The van der Waals surface area contributed by atoms with Crippen LogP contribution < -0.4 is 5.32 Å². The quantitative estimate of drug-likeness (QED) is 0.856. The summed E-state index contributed by atoms with van der Waals surface area (Å²) >= 11 is 0. The van der Waals surface area contributed by atoms with Gasteiger partial charge < -0.3 is 10.4 Å². The molecule has 0 radical (unpaired) electrons. The number of benzene rings is 1. The fourth-order valence-electron chi connectivity index (χ4n) is 2.37. The molecule has 1 fully saturated rings. The van der Waals surface area contributed by atoms with Crippen LogP contribution in [0.5, 0.6) is 0 Å². The van der Waals surface area contributed by atoms with Crippen molar-refractivity contribution >= 4 is 11.9 Å². The highest BCUT2D eigenvalue weighted by atomic mass is 16.4. The van der Waals surface area contributed by atoms with Gasteiger partial charge in [0, 0.05) is 5.56 Å². The Labute approximate surface area is 106 Å². The molecule has 0 aromatic heterocycles. The van der Waals surface area contributed by atoms with E-state index in [0.717, 1.165) is 24.8 Å². The van der Waals surface area contributed by atoms with Crippen LogP contribution in [0.25, 0.3) is 0 Å². The van der Waals surface area contributed by atoms with Gasteiger partial charge in [-0.05, 0) is 37.8 Å². The summed E-state index contributed by atoms with van der Waals surface area (Å²) in [7, 11) is 0. The maximum atomic E-state index is 12.2. The Balaban J connectivity index is 2.11. The zero-order valence-electron chi connectivity index (χ0n) is 10.4. The number of aliphatic carboxylic acids is 1. The average Bonchev–Trinajstić information content (AvgIpc) is 2.25. The summed E-state index contributed by atoms with van der Waals surface area (Å²) in [6, 6.07) is 7.33. The third-order valence-corrected chi connectivity index (χ3v) is 3.57. The Morgan fingerprint density at radius 2 is 2.00 bits per heavy atom. The first-order valence-electron chi connectivity index (χ1n) is 6.12. The molecule has 1 aliphatic rings. The lowest BCUT2D eigenvalue weighted by Gasteiger charge is -2.41. The molecule has 0 spiro atoms. The standard InChI is InChI=1S/C14H17NO3/c1-10-5-2-3-6-11(10)13(18)15-14(7-4-8-14)9-12(16)17/h2-3,5-6H,4,7-9H2,1H3,(H,15,18)(H,16,17). The van der Waals surface area contributed by atoms with Crippen LogP contribution in [0.3, 0.4) is 0 Å². The van der Waals surface area contributed by atoms with Gasteiger partial charge in [-0.15, -0.1) is 0 Å². The SMILES string of the molecule is Cc1ccccc1C(=O)NC1(CC(=O)O)CCC1. The van der Waals surface area contributed by atoms with Crippen LogP contribution in [0.4, 0.5) is 0 Å². The van der Waals surface area contributed by atoms with Crippen LogP contribution in [0.1, 0.15) is 41.6 Å². The van der Waals surface area contributed by atoms with Gasteiger partial charge in [-0.25, -0.2) is 0 Å². The zero-order chi connectivity index (χ0) is 13.2. The predicted molar refractivity (Wildman–Crippen MR) is 67.5 cm³/mol. The van der Waals surface area contributed by atoms with E-state index >= 15 is 0 Å². The number of amides is 1. The van der Waals surface area contributed by atoms with Crippen molar-refractivity contribution in [1.82, 2.24) is 5.32 Å². The van der Waals surface area contributed by atoms with Gasteiger partial charge in [-0.1, -0.05) is 18.2 Å². The normalized spacial score (nSPS) is 16.7. The van der Waals surface area contributed by atoms with Crippen molar-refractivity contribution in [2.24, 2.45) is 0 Å². The molecule has 4 nitrogen and oxygen atoms in total. The van der Waals surface area contributed by atoms with Crippen molar-refractivity contribution in [3.8, 4) is 0 Å². The van der Waals surface area contributed by atoms with Crippen molar-refractivity contribution in [3.63, 3.8) is 0 Å². The number of aryl methyl sites for hydroxylation is 1. The molecule has 1 amide bonds. The fraction of sp³-hybridized carbons (Fsp3) is 0.429. The van der Waals surface area contributed by atoms with Crippen LogP contribution in [0.2, 0.25) is 0 Å². The molecule has 96 valence electrons. The molecule has 0 bridgehead atoms. The maximum absolute atomic E-state index is 12.2. The average molecular weight is 247 g/mol. The minimum Gasteiger partial charge on any atom is -0.481 e. The number of hydrogen-bond acceptors (Lipinski definition) is 2. The third kappa shape index (κ3) is 2.53. The fourth-order valence-corrected chi connectivity index (χ4v) is 2.37. The predicted octanol–water partition coefficient (Wildman–Crippen LogP) is 2.12. The van der Waals surface area contributed by atoms with Crippen molar-refractivity contribution in [2.45, 2.75) is 38.1 Å². The lowest BCUT2D eigenvalue weighted by molar-refractivity contribution is -0.139. The molecule has 1 aromatic carbocycles. The van der Waals surface area contributed by atoms with Gasteiger partial charge in [-0.2, -0.15) is 0 Å². The van der Waals surface area contributed by atoms with Gasteiger partial charge in [-0.3, -0.25) is 9.59 Å². The largest absolute Gasteiger partial charge is 0.481 e. The summed E-state index contributed by atoms with van der Waals surface area (Å²) in [5.74, 6) is -1.03. The van der Waals surface area contributed by atoms with E-state index < -0.39 is 11.5 Å². The summed E-state index contributed by atoms with van der Waals surface area (Å²) < 4.78 is 0. The van der Waals surface area contributed by atoms with E-state index in [4.69, 9.17) is 5.11 Å². The number of nitrogens with one attached hydrogen (secondary N) is 1. The summed E-state index contributed by atoms with van der Waals surface area (Å²) in [4.78, 5) is 23.0. The van der Waals surface area contributed by atoms with Gasteiger partial charge in [0.15, 0.2) is 0 Å². The highest BCUT2D eigenvalue weighted by Crippen LogP contribution is 2.35. The van der Waals surface area contributed by atoms with Crippen LogP contribution in [-0.4, -0.2) is 22.5 Å². The molecule has 0 saturated heterocycles. The second-order valence-corrected chi connectivity index (χ2v) is 4.97. The number of carbonyl (C=O) groups excluding carboxylic acids is 1. The monoisotopic (exact) mass is 247 g/mol. The van der Waals surface area contributed by atoms with Gasteiger partial charge in [0.2, 0.25) is 0 Å². The molecule has 0 heterocycles. The second-order valence-electron chi connectivity index (χ2n) is 4.97. The van der Waals surface area contributed by atoms with Crippen molar-refractivity contribution in [2.75, 3.05) is 0 Å². The highest BCUT2D eigenvalue weighted by Gasteiger charge is 2.40. The van der Waals surface area contributed by atoms with E-state index in [9.17, 15) is 9.59 Å². The van der Waals surface area contributed by atoms with E-state index in [1.54, 1.807) is 6.07 Å². The Hall–Kier alpha value is -1.84. The van der Waals surface area contributed by atoms with E-state index in [1.165, 1.54) is 0 Å². The maximum Gasteiger partial charge on any atom is 0.305 e. The third-order valence-electron chi connectivity index (χ3n) is 3.57. The molecule has 1 saturated carbocycles. The molecule has 18 heavy (non-hydrogen) atoms. The highest BCUT2D eigenvalue weighted by molar-refractivity contribution is 5.96. The van der Waals surface area contributed by atoms with Gasteiger partial charge in [0.05, 0.1) is 12.0 Å². The summed E-state index contributed by atoms with van der Waals surface area (Å²) in [5.41, 5.74) is 0.986. The Kier molecular flexibility index (Phi) is 3.36. The Morgan fingerprint density at radius 1 is 1.33 bits per heavy atom. The number of hydrogen-bond donors (Lipinski definition) is 2. The molecule has 0 aliphatic heterocycles. The number of rotatable bonds is 4. The molecule has 0 atom stereocenters. The smallest absolute Gasteiger partial charge is 0.305 e. The zero-order valence-corrected chi connectivity index (χ0v) is 10.4. The van der Waals surface area contributed by atoms with Crippen LogP contribution in [-0.2, 0) is 4.79 Å². The molecular weight excluding hydrogens is 230 g/mol. The first kappa shape index (κ1) is 12.6. The minimum absolute atomic E-state index is 0.00458. The molecular formula is C14H17NO3. The number of carboxylic acids is 1. The Bertz CT molecular complexity index is 478. The molecule has 1 aliphatic carbocycles. The van der Waals surface area contributed by atoms with Crippen LogP contribution in [0, 0.1) is 6.92 Å². The first-order valence-corrected chi connectivity index (χ1v) is 6.12. The lowest BCUT2D eigenvalue weighted by Crippen LogP contribution is -2.54. The van der Waals surface area contributed by atoms with Gasteiger partial charge >= 0.3 is 5.97 Å². The van der Waals surface area contributed by atoms with E-state index in [2.05, 4.69) is 5.32 Å². The van der Waals surface area contributed by atoms with E-state index in [-0.39, 0.29) is 12.3 Å². The number of carbonyl (C=O) groups is 2. The van der Waals surface area contributed by atoms with E-state index in [0.29, 0.717) is 5.56 Å². The number of carboxylic acid groups (broad SMARTS) is 1. The molecule has 4 heteroatoms. The Morgan fingerprint density at radius 3 is 2.50 bits per heavy atom. The topological polar surface area (TPSA) is 66.4 Å². The summed E-state index contributed by atoms with van der Waals surface area (Å²) in [6.07, 6.45) is 2.47. The van der Waals surface area contributed by atoms with Crippen molar-refractivity contribution in [3.05, 3.63) is 35.4 Å². The van der Waals surface area contributed by atoms with Gasteiger partial charge in [0.1, 0.15) is 0 Å². The van der Waals surface area contributed by atoms with Crippen LogP contribution >= 0.6 is 0 Å². The van der Waals surface area contributed by atoms with Crippen molar-refractivity contribution in [1.29, 1.82) is 0 Å². The van der Waals surface area contributed by atoms with Gasteiger partial charge in [0.25, 0.3) is 5.91 Å². The van der Waals surface area contributed by atoms with E-state index in [1.807, 2.05) is 25.1 Å².